The highest BCUT2D eigenvalue weighted by Gasteiger charge is 2.50. The molecule has 0 aromatic heterocycles. The van der Waals surface area contributed by atoms with E-state index in [9.17, 15) is 27.2 Å². The largest absolute Gasteiger partial charge is 0.383 e. The van der Waals surface area contributed by atoms with Crippen LogP contribution in [0.3, 0.4) is 0 Å². The van der Waals surface area contributed by atoms with Gasteiger partial charge in [0, 0.05) is 13.1 Å². The number of amides is 2. The Morgan fingerprint density at radius 1 is 1.29 bits per heavy atom. The average molecular weight is 258 g/mol. The van der Waals surface area contributed by atoms with E-state index in [0.29, 0.717) is 0 Å². The first kappa shape index (κ1) is 15.7. The van der Waals surface area contributed by atoms with Gasteiger partial charge in [0.1, 0.15) is 0 Å². The Morgan fingerprint density at radius 2 is 1.76 bits per heavy atom. The third-order valence-corrected chi connectivity index (χ3v) is 1.74. The van der Waals surface area contributed by atoms with Crippen LogP contribution >= 0.6 is 0 Å². The van der Waals surface area contributed by atoms with E-state index in [1.807, 2.05) is 0 Å². The Bertz CT molecular complexity index is 295. The molecule has 0 unspecified atom stereocenters. The number of carbonyl (C=O) groups excluding carboxylic acids is 2. The van der Waals surface area contributed by atoms with Gasteiger partial charge < -0.3 is 10.2 Å². The molecule has 0 radical (unpaired) electrons. The second kappa shape index (κ2) is 5.83. The molecule has 4 nitrogen and oxygen atoms in total. The summed E-state index contributed by atoms with van der Waals surface area (Å²) in [6.07, 6.45) is -4.09. The van der Waals surface area contributed by atoms with E-state index >= 15 is 0 Å². The van der Waals surface area contributed by atoms with Gasteiger partial charge in [-0.15, -0.1) is 0 Å². The Kier molecular flexibility index (Phi) is 5.37. The lowest BCUT2D eigenvalue weighted by Gasteiger charge is -2.22. The van der Waals surface area contributed by atoms with Gasteiger partial charge in [0.25, 0.3) is 5.91 Å². The summed E-state index contributed by atoms with van der Waals surface area (Å²) in [6.45, 7) is 2.57. The molecule has 0 heterocycles. The number of carbonyl (C=O) groups is 2. The van der Waals surface area contributed by atoms with Crippen molar-refractivity contribution in [2.75, 3.05) is 13.6 Å². The number of halogens is 4. The maximum atomic E-state index is 12.6. The molecule has 2 amide bonds. The van der Waals surface area contributed by atoms with Gasteiger partial charge in [-0.2, -0.15) is 8.78 Å². The Labute approximate surface area is 96.0 Å². The molecule has 17 heavy (non-hydrogen) atoms. The Hall–Kier alpha value is -1.34. The van der Waals surface area contributed by atoms with Gasteiger partial charge in [-0.1, -0.05) is 0 Å². The highest BCUT2D eigenvalue weighted by molar-refractivity contribution is 5.88. The standard InChI is InChI=1S/C9H14F4N2O2/c1-5(2)14-6(16)4-15(3)8(17)9(12,13)7(10)11/h5,7H,4H2,1-3H3,(H,14,16). The van der Waals surface area contributed by atoms with Crippen LogP contribution in [0.15, 0.2) is 0 Å². The zero-order chi connectivity index (χ0) is 13.8. The second-order valence-corrected chi connectivity index (χ2v) is 3.81. The molecule has 0 aliphatic heterocycles. The van der Waals surface area contributed by atoms with Crippen LogP contribution in [-0.2, 0) is 9.59 Å². The van der Waals surface area contributed by atoms with Crippen molar-refractivity contribution in [1.82, 2.24) is 10.2 Å². The monoisotopic (exact) mass is 258 g/mol. The van der Waals surface area contributed by atoms with Crippen molar-refractivity contribution in [2.45, 2.75) is 32.2 Å². The fourth-order valence-corrected chi connectivity index (χ4v) is 1.00. The quantitative estimate of drug-likeness (QED) is 0.744. The number of nitrogens with one attached hydrogen (secondary N) is 1. The maximum absolute atomic E-state index is 12.6. The topological polar surface area (TPSA) is 49.4 Å². The van der Waals surface area contributed by atoms with Gasteiger partial charge in [0.2, 0.25) is 5.91 Å². The molecule has 0 spiro atoms. The van der Waals surface area contributed by atoms with E-state index in [2.05, 4.69) is 5.32 Å². The van der Waals surface area contributed by atoms with Crippen LogP contribution in [0.5, 0.6) is 0 Å². The third kappa shape index (κ3) is 4.58. The molecular formula is C9H14F4N2O2. The highest BCUT2D eigenvalue weighted by atomic mass is 19.3. The van der Waals surface area contributed by atoms with Crippen molar-refractivity contribution >= 4 is 11.8 Å². The summed E-state index contributed by atoms with van der Waals surface area (Å²) in [5.74, 6) is -7.54. The molecule has 8 heteroatoms. The first-order chi connectivity index (χ1) is 7.59. The SMILES string of the molecule is CC(C)NC(=O)CN(C)C(=O)C(F)(F)C(F)F. The van der Waals surface area contributed by atoms with Gasteiger partial charge in [0.15, 0.2) is 0 Å². The first-order valence-corrected chi connectivity index (χ1v) is 4.80. The smallest absolute Gasteiger partial charge is 0.352 e. The average Bonchev–Trinajstić information content (AvgIpc) is 2.14. The van der Waals surface area contributed by atoms with Gasteiger partial charge in [-0.25, -0.2) is 8.78 Å². The van der Waals surface area contributed by atoms with Crippen molar-refractivity contribution in [3.8, 4) is 0 Å². The summed E-state index contributed by atoms with van der Waals surface area (Å²) in [6, 6.07) is -0.235. The van der Waals surface area contributed by atoms with Crippen LogP contribution in [0.2, 0.25) is 0 Å². The Morgan fingerprint density at radius 3 is 2.12 bits per heavy atom. The van der Waals surface area contributed by atoms with Crippen LogP contribution in [0.4, 0.5) is 17.6 Å². The molecule has 0 saturated heterocycles. The molecule has 0 aliphatic rings. The number of likely N-dealkylation sites (N-methyl/N-ethyl adjacent to an activating group) is 1. The van der Waals surface area contributed by atoms with Gasteiger partial charge in [-0.3, -0.25) is 9.59 Å². The fraction of sp³-hybridized carbons (Fsp3) is 0.778. The number of hydrogen-bond donors (Lipinski definition) is 1. The van der Waals surface area contributed by atoms with Crippen LogP contribution in [0.25, 0.3) is 0 Å². The van der Waals surface area contributed by atoms with Crippen LogP contribution < -0.4 is 5.32 Å². The number of hydrogen-bond acceptors (Lipinski definition) is 2. The number of alkyl halides is 4. The molecule has 1 N–H and O–H groups in total. The van der Waals surface area contributed by atoms with Crippen molar-refractivity contribution < 1.29 is 27.2 Å². The minimum absolute atomic E-state index is 0.235. The summed E-state index contributed by atoms with van der Waals surface area (Å²) in [7, 11) is 0.860. The van der Waals surface area contributed by atoms with Crippen molar-refractivity contribution in [3.63, 3.8) is 0 Å². The molecular weight excluding hydrogens is 244 g/mol. The molecule has 0 aromatic rings. The molecule has 0 aliphatic carbocycles. The Balaban J connectivity index is 4.47. The van der Waals surface area contributed by atoms with Crippen LogP contribution in [0, 0.1) is 0 Å². The normalized spacial score (nSPS) is 11.8. The lowest BCUT2D eigenvalue weighted by Crippen LogP contribution is -2.49. The van der Waals surface area contributed by atoms with Crippen molar-refractivity contribution in [2.24, 2.45) is 0 Å². The van der Waals surface area contributed by atoms with Gasteiger partial charge in [0.05, 0.1) is 6.54 Å². The minimum atomic E-state index is -4.77. The lowest BCUT2D eigenvalue weighted by atomic mass is 10.3. The zero-order valence-corrected chi connectivity index (χ0v) is 9.64. The van der Waals surface area contributed by atoms with E-state index < -0.39 is 30.7 Å². The van der Waals surface area contributed by atoms with Gasteiger partial charge in [-0.05, 0) is 13.8 Å². The summed E-state index contributed by atoms with van der Waals surface area (Å²) in [5, 5.41) is 2.34. The maximum Gasteiger partial charge on any atom is 0.383 e. The minimum Gasteiger partial charge on any atom is -0.352 e. The van der Waals surface area contributed by atoms with Gasteiger partial charge >= 0.3 is 12.3 Å². The second-order valence-electron chi connectivity index (χ2n) is 3.81. The first-order valence-electron chi connectivity index (χ1n) is 4.80. The predicted molar refractivity (Wildman–Crippen MR) is 51.9 cm³/mol. The molecule has 0 rings (SSSR count). The predicted octanol–water partition coefficient (Wildman–Crippen LogP) is 0.870. The van der Waals surface area contributed by atoms with E-state index in [1.165, 1.54) is 0 Å². The van der Waals surface area contributed by atoms with E-state index in [-0.39, 0.29) is 10.9 Å². The molecule has 0 bridgehead atoms. The van der Waals surface area contributed by atoms with E-state index in [4.69, 9.17) is 0 Å². The fourth-order valence-electron chi connectivity index (χ4n) is 1.00. The molecule has 0 saturated carbocycles. The molecule has 0 fully saturated rings. The van der Waals surface area contributed by atoms with Crippen LogP contribution in [0.1, 0.15) is 13.8 Å². The molecule has 0 aromatic carbocycles. The lowest BCUT2D eigenvalue weighted by molar-refractivity contribution is -0.179. The third-order valence-electron chi connectivity index (χ3n) is 1.74. The zero-order valence-electron chi connectivity index (χ0n) is 9.64. The van der Waals surface area contributed by atoms with Crippen LogP contribution in [-0.4, -0.2) is 48.7 Å². The molecule has 100 valence electrons. The van der Waals surface area contributed by atoms with Crippen molar-refractivity contribution in [3.05, 3.63) is 0 Å². The molecule has 0 atom stereocenters. The highest BCUT2D eigenvalue weighted by Crippen LogP contribution is 2.24. The van der Waals surface area contributed by atoms with Crippen molar-refractivity contribution in [1.29, 1.82) is 0 Å². The summed E-state index contributed by atoms with van der Waals surface area (Å²) < 4.78 is 49.0. The van der Waals surface area contributed by atoms with E-state index in [1.54, 1.807) is 13.8 Å². The number of nitrogens with zero attached hydrogens (tertiary/aromatic N) is 1. The number of rotatable bonds is 5. The summed E-state index contributed by atoms with van der Waals surface area (Å²) in [5.41, 5.74) is 0. The summed E-state index contributed by atoms with van der Waals surface area (Å²) in [4.78, 5) is 22.3. The summed E-state index contributed by atoms with van der Waals surface area (Å²) >= 11 is 0. The van der Waals surface area contributed by atoms with E-state index in [0.717, 1.165) is 7.05 Å².